The summed E-state index contributed by atoms with van der Waals surface area (Å²) in [6, 6.07) is 3.16. The van der Waals surface area contributed by atoms with Crippen molar-refractivity contribution in [3.63, 3.8) is 0 Å². The second-order valence-corrected chi connectivity index (χ2v) is 2.91. The number of nitrogens with two attached hydrogens (primary N) is 1. The van der Waals surface area contributed by atoms with Crippen LogP contribution >= 0.6 is 0 Å². The van der Waals surface area contributed by atoms with E-state index in [0.717, 1.165) is 12.1 Å². The Labute approximate surface area is 80.8 Å². The Morgan fingerprint density at radius 2 is 2.21 bits per heavy atom. The first-order valence-electron chi connectivity index (χ1n) is 4.18. The fourth-order valence-electron chi connectivity index (χ4n) is 0.995. The zero-order valence-electron chi connectivity index (χ0n) is 7.76. The van der Waals surface area contributed by atoms with Crippen molar-refractivity contribution in [3.8, 4) is 5.75 Å². The van der Waals surface area contributed by atoms with Gasteiger partial charge in [-0.1, -0.05) is 0 Å². The van der Waals surface area contributed by atoms with E-state index in [9.17, 15) is 8.78 Å². The average Bonchev–Trinajstić information content (AvgIpc) is 2.10. The number of hydrogen-bond acceptors (Lipinski definition) is 3. The number of nitrogens with one attached hydrogen (secondary N) is 1. The quantitative estimate of drug-likeness (QED) is 0.569. The summed E-state index contributed by atoms with van der Waals surface area (Å²) in [5.41, 5.74) is 2.40. The van der Waals surface area contributed by atoms with Crippen molar-refractivity contribution in [1.82, 2.24) is 5.43 Å². The predicted octanol–water partition coefficient (Wildman–Crippen LogP) is 1.20. The SMILES string of the molecule is CC(CNN)Oc1ccc(F)cc1F. The van der Waals surface area contributed by atoms with E-state index in [-0.39, 0.29) is 11.9 Å². The Morgan fingerprint density at radius 1 is 1.50 bits per heavy atom. The highest BCUT2D eigenvalue weighted by atomic mass is 19.1. The van der Waals surface area contributed by atoms with Crippen molar-refractivity contribution in [2.45, 2.75) is 13.0 Å². The van der Waals surface area contributed by atoms with Gasteiger partial charge in [0.15, 0.2) is 11.6 Å². The summed E-state index contributed by atoms with van der Waals surface area (Å²) in [6.45, 7) is 2.11. The molecule has 0 bridgehead atoms. The molecule has 0 aliphatic rings. The summed E-state index contributed by atoms with van der Waals surface area (Å²) in [7, 11) is 0. The van der Waals surface area contributed by atoms with Gasteiger partial charge in [0.2, 0.25) is 0 Å². The predicted molar refractivity (Wildman–Crippen MR) is 48.6 cm³/mol. The van der Waals surface area contributed by atoms with Crippen molar-refractivity contribution >= 4 is 0 Å². The maximum absolute atomic E-state index is 13.0. The average molecular weight is 202 g/mol. The third-order valence-electron chi connectivity index (χ3n) is 1.63. The van der Waals surface area contributed by atoms with Crippen LogP contribution in [0.3, 0.4) is 0 Å². The van der Waals surface area contributed by atoms with Crippen LogP contribution < -0.4 is 16.0 Å². The van der Waals surface area contributed by atoms with Crippen molar-refractivity contribution in [1.29, 1.82) is 0 Å². The van der Waals surface area contributed by atoms with Gasteiger partial charge >= 0.3 is 0 Å². The molecule has 1 rings (SSSR count). The molecule has 0 aliphatic heterocycles. The molecule has 3 nitrogen and oxygen atoms in total. The number of benzene rings is 1. The summed E-state index contributed by atoms with van der Waals surface area (Å²) in [4.78, 5) is 0. The minimum atomic E-state index is -0.714. The number of halogens is 2. The molecule has 3 N–H and O–H groups in total. The maximum atomic E-state index is 13.0. The van der Waals surface area contributed by atoms with E-state index in [1.807, 2.05) is 0 Å². The third-order valence-corrected chi connectivity index (χ3v) is 1.63. The van der Waals surface area contributed by atoms with Crippen LogP contribution in [0.1, 0.15) is 6.92 Å². The first kappa shape index (κ1) is 10.9. The van der Waals surface area contributed by atoms with Gasteiger partial charge in [-0.15, -0.1) is 0 Å². The van der Waals surface area contributed by atoms with E-state index < -0.39 is 11.6 Å². The van der Waals surface area contributed by atoms with Gasteiger partial charge in [-0.2, -0.15) is 0 Å². The van der Waals surface area contributed by atoms with E-state index in [1.165, 1.54) is 6.07 Å². The number of hydrogen-bond donors (Lipinski definition) is 2. The molecule has 0 fully saturated rings. The van der Waals surface area contributed by atoms with Gasteiger partial charge in [-0.05, 0) is 19.1 Å². The third kappa shape index (κ3) is 2.93. The van der Waals surface area contributed by atoms with Crippen molar-refractivity contribution in [2.24, 2.45) is 5.84 Å². The summed E-state index contributed by atoms with van der Waals surface area (Å²) in [5, 5.41) is 0. The Morgan fingerprint density at radius 3 is 2.79 bits per heavy atom. The molecule has 1 aromatic carbocycles. The standard InChI is InChI=1S/C9H12F2N2O/c1-6(5-13-12)14-9-3-2-7(10)4-8(9)11/h2-4,6,13H,5,12H2,1H3. The van der Waals surface area contributed by atoms with Gasteiger partial charge in [0.25, 0.3) is 0 Å². The molecular weight excluding hydrogens is 190 g/mol. The van der Waals surface area contributed by atoms with Gasteiger partial charge < -0.3 is 4.74 Å². The molecule has 0 amide bonds. The van der Waals surface area contributed by atoms with Crippen LogP contribution in [0.25, 0.3) is 0 Å². The van der Waals surface area contributed by atoms with Crippen LogP contribution in [0.4, 0.5) is 8.78 Å². The second-order valence-electron chi connectivity index (χ2n) is 2.91. The molecule has 1 aromatic rings. The first-order valence-corrected chi connectivity index (χ1v) is 4.18. The summed E-state index contributed by atoms with van der Waals surface area (Å²) < 4.78 is 30.7. The minimum Gasteiger partial charge on any atom is -0.486 e. The summed E-state index contributed by atoms with van der Waals surface area (Å²) in [5.74, 6) is 3.74. The lowest BCUT2D eigenvalue weighted by atomic mass is 10.3. The molecule has 0 aliphatic carbocycles. The van der Waals surface area contributed by atoms with Crippen LogP contribution in [0.5, 0.6) is 5.75 Å². The largest absolute Gasteiger partial charge is 0.486 e. The highest BCUT2D eigenvalue weighted by molar-refractivity contribution is 5.24. The summed E-state index contributed by atoms with van der Waals surface area (Å²) in [6.07, 6.45) is -0.278. The van der Waals surface area contributed by atoms with Crippen molar-refractivity contribution < 1.29 is 13.5 Å². The molecule has 0 spiro atoms. The van der Waals surface area contributed by atoms with E-state index >= 15 is 0 Å². The summed E-state index contributed by atoms with van der Waals surface area (Å²) >= 11 is 0. The Balaban J connectivity index is 2.67. The lowest BCUT2D eigenvalue weighted by Gasteiger charge is -2.14. The van der Waals surface area contributed by atoms with Crippen molar-refractivity contribution in [2.75, 3.05) is 6.54 Å². The molecule has 14 heavy (non-hydrogen) atoms. The maximum Gasteiger partial charge on any atom is 0.167 e. The molecule has 1 unspecified atom stereocenters. The van der Waals surface area contributed by atoms with Crippen LogP contribution in [-0.2, 0) is 0 Å². The topological polar surface area (TPSA) is 47.3 Å². The zero-order valence-corrected chi connectivity index (χ0v) is 7.76. The Kier molecular flexibility index (Phi) is 3.79. The lowest BCUT2D eigenvalue weighted by molar-refractivity contribution is 0.208. The molecule has 0 saturated heterocycles. The van der Waals surface area contributed by atoms with Crippen molar-refractivity contribution in [3.05, 3.63) is 29.8 Å². The van der Waals surface area contributed by atoms with Crippen LogP contribution in [-0.4, -0.2) is 12.6 Å². The molecule has 0 saturated carbocycles. The highest BCUT2D eigenvalue weighted by Crippen LogP contribution is 2.18. The molecule has 78 valence electrons. The normalized spacial score (nSPS) is 12.6. The monoisotopic (exact) mass is 202 g/mol. The smallest absolute Gasteiger partial charge is 0.167 e. The van der Waals surface area contributed by atoms with Crippen LogP contribution in [0, 0.1) is 11.6 Å². The van der Waals surface area contributed by atoms with E-state index in [1.54, 1.807) is 6.92 Å². The Bertz CT molecular complexity index is 307. The van der Waals surface area contributed by atoms with Gasteiger partial charge in [0, 0.05) is 12.6 Å². The number of rotatable bonds is 4. The lowest BCUT2D eigenvalue weighted by Crippen LogP contribution is -2.33. The highest BCUT2D eigenvalue weighted by Gasteiger charge is 2.08. The molecule has 0 radical (unpaired) electrons. The van der Waals surface area contributed by atoms with Gasteiger partial charge in [-0.25, -0.2) is 8.78 Å². The molecule has 5 heteroatoms. The van der Waals surface area contributed by atoms with E-state index in [0.29, 0.717) is 6.54 Å². The van der Waals surface area contributed by atoms with Crippen LogP contribution in [0.2, 0.25) is 0 Å². The molecule has 0 heterocycles. The fourth-order valence-corrected chi connectivity index (χ4v) is 0.995. The first-order chi connectivity index (χ1) is 6.63. The number of ether oxygens (including phenoxy) is 1. The van der Waals surface area contributed by atoms with Gasteiger partial charge in [0.1, 0.15) is 11.9 Å². The van der Waals surface area contributed by atoms with E-state index in [4.69, 9.17) is 10.6 Å². The van der Waals surface area contributed by atoms with Gasteiger partial charge in [0.05, 0.1) is 0 Å². The fraction of sp³-hybridized carbons (Fsp3) is 0.333. The molecule has 1 atom stereocenters. The zero-order chi connectivity index (χ0) is 10.6. The van der Waals surface area contributed by atoms with Crippen LogP contribution in [0.15, 0.2) is 18.2 Å². The minimum absolute atomic E-state index is 0.0224. The van der Waals surface area contributed by atoms with Gasteiger partial charge in [-0.3, -0.25) is 11.3 Å². The Hall–Kier alpha value is -1.20. The molecular formula is C9H12F2N2O. The molecule has 0 aromatic heterocycles. The van der Waals surface area contributed by atoms with E-state index in [2.05, 4.69) is 5.43 Å². The number of hydrazine groups is 1. The second kappa shape index (κ2) is 4.88.